The average Bonchev–Trinajstić information content (AvgIpc) is 3.46. The van der Waals surface area contributed by atoms with Crippen LogP contribution in [0.5, 0.6) is 0 Å². The molecule has 0 saturated carbocycles. The standard InChI is InChI=1S/C46H37N3/c47-29-14-16-33(28-30-48)15-10-13-25-44(49)41-32-43-45(39-24-12-11-23-38(39)41)40-27-26-35(34-17-4-1-5-18-34)31-42(40)46(43,36-19-6-2-7-20-36)37-21-8-3-9-22-37/h1-13,16-28,30-32H,14-15,48-49H2/b13-10-,30-28-,33-16-,44-25-. The molecule has 6 aromatic carbocycles. The Balaban J connectivity index is 1.49. The van der Waals surface area contributed by atoms with Gasteiger partial charge in [-0.2, -0.15) is 5.26 Å². The minimum Gasteiger partial charge on any atom is -0.405 e. The van der Waals surface area contributed by atoms with Gasteiger partial charge in [-0.25, -0.2) is 0 Å². The number of nitrogens with two attached hydrogens (primary N) is 2. The molecule has 6 aromatic rings. The quantitative estimate of drug-likeness (QED) is 0.156. The fraction of sp³-hybridized carbons (Fsp3) is 0.0652. The first-order valence-corrected chi connectivity index (χ1v) is 16.6. The van der Waals surface area contributed by atoms with Crippen molar-refractivity contribution in [2.45, 2.75) is 18.3 Å². The summed E-state index contributed by atoms with van der Waals surface area (Å²) in [6.45, 7) is 0. The molecule has 49 heavy (non-hydrogen) atoms. The Bertz CT molecular complexity index is 2250. The first-order valence-electron chi connectivity index (χ1n) is 16.6. The van der Waals surface area contributed by atoms with Crippen LogP contribution in [-0.2, 0) is 5.41 Å². The molecule has 3 nitrogen and oxygen atoms in total. The van der Waals surface area contributed by atoms with E-state index in [9.17, 15) is 0 Å². The largest absolute Gasteiger partial charge is 0.405 e. The molecule has 0 bridgehead atoms. The van der Waals surface area contributed by atoms with Crippen LogP contribution in [0.4, 0.5) is 0 Å². The topological polar surface area (TPSA) is 75.8 Å². The Morgan fingerprint density at radius 2 is 1.33 bits per heavy atom. The monoisotopic (exact) mass is 631 g/mol. The normalized spacial score (nSPS) is 13.9. The number of hydrogen-bond acceptors (Lipinski definition) is 3. The van der Waals surface area contributed by atoms with Crippen LogP contribution in [0.3, 0.4) is 0 Å². The van der Waals surface area contributed by atoms with Crippen LogP contribution in [0, 0.1) is 11.3 Å². The van der Waals surface area contributed by atoms with Crippen molar-refractivity contribution < 1.29 is 0 Å². The van der Waals surface area contributed by atoms with E-state index in [0.717, 1.165) is 16.5 Å². The molecule has 0 saturated heterocycles. The van der Waals surface area contributed by atoms with Gasteiger partial charge in [0, 0.05) is 11.3 Å². The number of nitriles is 1. The molecular weight excluding hydrogens is 595 g/mol. The first kappa shape index (κ1) is 31.2. The predicted octanol–water partition coefficient (Wildman–Crippen LogP) is 10.4. The average molecular weight is 632 g/mol. The van der Waals surface area contributed by atoms with E-state index in [2.05, 4.69) is 146 Å². The number of hydrogen-bond donors (Lipinski definition) is 2. The van der Waals surface area contributed by atoms with Crippen molar-refractivity contribution in [1.82, 2.24) is 0 Å². The molecular formula is C46H37N3. The summed E-state index contributed by atoms with van der Waals surface area (Å²) in [5, 5.41) is 11.3. The summed E-state index contributed by atoms with van der Waals surface area (Å²) in [6.07, 6.45) is 12.2. The summed E-state index contributed by atoms with van der Waals surface area (Å²) >= 11 is 0. The highest BCUT2D eigenvalue weighted by atomic mass is 14.6. The minimum absolute atomic E-state index is 0.340. The second-order valence-electron chi connectivity index (χ2n) is 12.3. The lowest BCUT2D eigenvalue weighted by Gasteiger charge is -2.34. The van der Waals surface area contributed by atoms with Crippen LogP contribution in [0.2, 0.25) is 0 Å². The SMILES string of the molecule is N#CC/C=C(\C=C/N)C/C=C\C=C(/N)c1cc2c(c3ccccc13)-c1ccc(-c3ccccc3)cc1C2(c1ccccc1)c1ccccc1. The van der Waals surface area contributed by atoms with Gasteiger partial charge in [0.25, 0.3) is 0 Å². The molecule has 4 N–H and O–H groups in total. The van der Waals surface area contributed by atoms with Crippen molar-refractivity contribution >= 4 is 16.5 Å². The third kappa shape index (κ3) is 5.64. The molecule has 236 valence electrons. The van der Waals surface area contributed by atoms with Gasteiger partial charge >= 0.3 is 0 Å². The van der Waals surface area contributed by atoms with Crippen molar-refractivity contribution in [2.75, 3.05) is 0 Å². The van der Waals surface area contributed by atoms with E-state index in [4.69, 9.17) is 16.7 Å². The molecule has 0 fully saturated rings. The second kappa shape index (κ2) is 13.8. The molecule has 7 rings (SSSR count). The zero-order valence-corrected chi connectivity index (χ0v) is 27.3. The van der Waals surface area contributed by atoms with E-state index in [1.54, 1.807) is 0 Å². The smallest absolute Gasteiger partial charge is 0.0714 e. The number of rotatable bonds is 9. The summed E-state index contributed by atoms with van der Waals surface area (Å²) in [6, 6.07) is 52.4. The number of benzene rings is 6. The van der Waals surface area contributed by atoms with Gasteiger partial charge < -0.3 is 11.5 Å². The van der Waals surface area contributed by atoms with Crippen molar-refractivity contribution in [2.24, 2.45) is 11.5 Å². The van der Waals surface area contributed by atoms with E-state index in [1.165, 1.54) is 56.1 Å². The van der Waals surface area contributed by atoms with Gasteiger partial charge in [-0.3, -0.25) is 0 Å². The molecule has 0 aromatic heterocycles. The van der Waals surface area contributed by atoms with Gasteiger partial charge in [0.15, 0.2) is 0 Å². The summed E-state index contributed by atoms with van der Waals surface area (Å²) in [7, 11) is 0. The van der Waals surface area contributed by atoms with E-state index in [0.29, 0.717) is 18.5 Å². The maximum absolute atomic E-state index is 9.02. The third-order valence-corrected chi connectivity index (χ3v) is 9.50. The summed E-state index contributed by atoms with van der Waals surface area (Å²) in [5.41, 5.74) is 24.5. The van der Waals surface area contributed by atoms with Gasteiger partial charge in [-0.1, -0.05) is 146 Å². The van der Waals surface area contributed by atoms with Crippen molar-refractivity contribution in [3.05, 3.63) is 209 Å². The van der Waals surface area contributed by atoms with E-state index < -0.39 is 5.41 Å². The molecule has 1 aliphatic rings. The minimum atomic E-state index is -0.581. The highest BCUT2D eigenvalue weighted by Crippen LogP contribution is 2.59. The summed E-state index contributed by atoms with van der Waals surface area (Å²) in [4.78, 5) is 0. The van der Waals surface area contributed by atoms with Crippen LogP contribution >= 0.6 is 0 Å². The van der Waals surface area contributed by atoms with Crippen molar-refractivity contribution in [3.8, 4) is 28.3 Å². The fourth-order valence-electron chi connectivity index (χ4n) is 7.38. The molecule has 0 aliphatic heterocycles. The molecule has 0 heterocycles. The second-order valence-corrected chi connectivity index (χ2v) is 12.3. The molecule has 0 atom stereocenters. The lowest BCUT2D eigenvalue weighted by atomic mass is 9.67. The highest BCUT2D eigenvalue weighted by molar-refractivity contribution is 6.08. The van der Waals surface area contributed by atoms with Crippen LogP contribution in [0.1, 0.15) is 40.7 Å². The number of nitrogens with zero attached hydrogens (tertiary/aromatic N) is 1. The number of fused-ring (bicyclic) bond motifs is 5. The Labute approximate surface area is 288 Å². The van der Waals surface area contributed by atoms with Gasteiger partial charge in [-0.15, -0.1) is 0 Å². The predicted molar refractivity (Wildman–Crippen MR) is 204 cm³/mol. The van der Waals surface area contributed by atoms with Gasteiger partial charge in [-0.05, 0) is 97.8 Å². The van der Waals surface area contributed by atoms with E-state index in [-0.39, 0.29) is 0 Å². The molecule has 0 spiro atoms. The zero-order valence-electron chi connectivity index (χ0n) is 27.3. The van der Waals surface area contributed by atoms with Crippen LogP contribution in [0.15, 0.2) is 182 Å². The molecule has 1 aliphatic carbocycles. The maximum atomic E-state index is 9.02. The third-order valence-electron chi connectivity index (χ3n) is 9.50. The molecule has 3 heteroatoms. The van der Waals surface area contributed by atoms with E-state index in [1.807, 2.05) is 30.4 Å². The van der Waals surface area contributed by atoms with E-state index >= 15 is 0 Å². The Hall–Kier alpha value is -6.37. The molecule has 0 amide bonds. The van der Waals surface area contributed by atoms with Crippen LogP contribution in [-0.4, -0.2) is 0 Å². The molecule has 0 radical (unpaired) electrons. The van der Waals surface area contributed by atoms with Crippen LogP contribution < -0.4 is 11.5 Å². The fourth-order valence-corrected chi connectivity index (χ4v) is 7.38. The number of allylic oxidation sites excluding steroid dienone is 6. The Kier molecular flexibility index (Phi) is 8.78. The Morgan fingerprint density at radius 1 is 0.694 bits per heavy atom. The summed E-state index contributed by atoms with van der Waals surface area (Å²) < 4.78 is 0. The maximum Gasteiger partial charge on any atom is 0.0714 e. The van der Waals surface area contributed by atoms with Crippen LogP contribution in [0.25, 0.3) is 38.7 Å². The van der Waals surface area contributed by atoms with Gasteiger partial charge in [0.05, 0.1) is 17.9 Å². The summed E-state index contributed by atoms with van der Waals surface area (Å²) in [5.74, 6) is 0. The lowest BCUT2D eigenvalue weighted by Crippen LogP contribution is -2.28. The highest BCUT2D eigenvalue weighted by Gasteiger charge is 2.47. The zero-order chi connectivity index (χ0) is 33.6. The van der Waals surface area contributed by atoms with Gasteiger partial charge in [0.1, 0.15) is 0 Å². The first-order chi connectivity index (χ1) is 24.2. The van der Waals surface area contributed by atoms with Gasteiger partial charge in [0.2, 0.25) is 0 Å². The molecule has 0 unspecified atom stereocenters. The lowest BCUT2D eigenvalue weighted by molar-refractivity contribution is 0.769. The Morgan fingerprint density at radius 3 is 1.98 bits per heavy atom. The van der Waals surface area contributed by atoms with Crippen molar-refractivity contribution in [1.29, 1.82) is 5.26 Å². The van der Waals surface area contributed by atoms with Crippen molar-refractivity contribution in [3.63, 3.8) is 0 Å².